The van der Waals surface area contributed by atoms with Gasteiger partial charge in [0.1, 0.15) is 0 Å². The van der Waals surface area contributed by atoms with Crippen LogP contribution in [-0.4, -0.2) is 38.1 Å². The molecule has 2 aromatic carbocycles. The van der Waals surface area contributed by atoms with Gasteiger partial charge in [0.15, 0.2) is 0 Å². The summed E-state index contributed by atoms with van der Waals surface area (Å²) < 4.78 is 5.02. The molecule has 0 aliphatic heterocycles. The van der Waals surface area contributed by atoms with E-state index < -0.39 is 8.07 Å². The summed E-state index contributed by atoms with van der Waals surface area (Å²) in [6.45, 7) is 12.9. The lowest BCUT2D eigenvalue weighted by molar-refractivity contribution is -0.142. The average Bonchev–Trinajstić information content (AvgIpc) is 2.83. The molecule has 0 aliphatic carbocycles. The highest BCUT2D eigenvalue weighted by Gasteiger charge is 2.16. The summed E-state index contributed by atoms with van der Waals surface area (Å²) in [7, 11) is -1.03. The van der Waals surface area contributed by atoms with Crippen LogP contribution in [0.2, 0.25) is 25.7 Å². The van der Waals surface area contributed by atoms with E-state index in [4.69, 9.17) is 4.74 Å². The lowest BCUT2D eigenvalue weighted by atomic mass is 10.1. The SMILES string of the molecule is CCCCc1ccc(CN(CCCCC[Si](C)(C)C)C(=O)Nc2ccc(CC(=O)OCC)cc2)cc1. The highest BCUT2D eigenvalue weighted by Crippen LogP contribution is 2.17. The molecule has 0 fully saturated rings. The van der Waals surface area contributed by atoms with Crippen molar-refractivity contribution in [3.63, 3.8) is 0 Å². The molecule has 0 spiro atoms. The van der Waals surface area contributed by atoms with Crippen LogP contribution in [0.15, 0.2) is 48.5 Å². The molecular formula is C30H46N2O3Si. The molecule has 0 aromatic heterocycles. The van der Waals surface area contributed by atoms with Crippen LogP contribution in [0.1, 0.15) is 62.6 Å². The van der Waals surface area contributed by atoms with E-state index in [0.717, 1.165) is 42.6 Å². The Balaban J connectivity index is 2.00. The summed E-state index contributed by atoms with van der Waals surface area (Å²) >= 11 is 0. The Labute approximate surface area is 219 Å². The lowest BCUT2D eigenvalue weighted by Crippen LogP contribution is -2.35. The van der Waals surface area contributed by atoms with Crippen LogP contribution in [-0.2, 0) is 28.9 Å². The number of esters is 1. The van der Waals surface area contributed by atoms with Crippen LogP contribution in [0.5, 0.6) is 0 Å². The fraction of sp³-hybridized carbons (Fsp3) is 0.533. The predicted molar refractivity (Wildman–Crippen MR) is 153 cm³/mol. The van der Waals surface area contributed by atoms with E-state index in [1.807, 2.05) is 29.2 Å². The summed E-state index contributed by atoms with van der Waals surface area (Å²) in [5, 5.41) is 3.05. The number of hydrogen-bond donors (Lipinski definition) is 1. The van der Waals surface area contributed by atoms with Gasteiger partial charge in [-0.15, -0.1) is 0 Å². The Morgan fingerprint density at radius 3 is 2.08 bits per heavy atom. The van der Waals surface area contributed by atoms with Gasteiger partial charge in [0.25, 0.3) is 0 Å². The zero-order valence-electron chi connectivity index (χ0n) is 23.1. The normalized spacial score (nSPS) is 11.2. The molecule has 0 saturated heterocycles. The molecule has 1 N–H and O–H groups in total. The minimum Gasteiger partial charge on any atom is -0.466 e. The van der Waals surface area contributed by atoms with Crippen molar-refractivity contribution in [1.29, 1.82) is 0 Å². The Kier molecular flexibility index (Phi) is 12.8. The third-order valence-electron chi connectivity index (χ3n) is 6.22. The maximum absolute atomic E-state index is 13.2. The van der Waals surface area contributed by atoms with Gasteiger partial charge < -0.3 is 15.0 Å². The van der Waals surface area contributed by atoms with Crippen LogP contribution in [0.3, 0.4) is 0 Å². The molecule has 2 aromatic rings. The second-order valence-electron chi connectivity index (χ2n) is 10.8. The minimum atomic E-state index is -1.03. The average molecular weight is 511 g/mol. The van der Waals surface area contributed by atoms with Gasteiger partial charge >= 0.3 is 12.0 Å². The van der Waals surface area contributed by atoms with Gasteiger partial charge in [0, 0.05) is 26.9 Å². The van der Waals surface area contributed by atoms with Crippen molar-refractivity contribution in [1.82, 2.24) is 4.90 Å². The molecule has 0 unspecified atom stereocenters. The molecule has 0 saturated carbocycles. The predicted octanol–water partition coefficient (Wildman–Crippen LogP) is 7.68. The van der Waals surface area contributed by atoms with Gasteiger partial charge in [-0.25, -0.2) is 4.79 Å². The molecule has 0 atom stereocenters. The fourth-order valence-electron chi connectivity index (χ4n) is 4.09. The molecule has 0 heterocycles. The molecule has 0 bridgehead atoms. The maximum atomic E-state index is 13.2. The van der Waals surface area contributed by atoms with E-state index in [-0.39, 0.29) is 18.4 Å². The molecule has 2 amide bonds. The van der Waals surface area contributed by atoms with Crippen molar-refractivity contribution < 1.29 is 14.3 Å². The molecule has 198 valence electrons. The summed E-state index contributed by atoms with van der Waals surface area (Å²) in [6.07, 6.45) is 7.11. The number of hydrogen-bond acceptors (Lipinski definition) is 3. The third-order valence-corrected chi connectivity index (χ3v) is 8.07. The number of unbranched alkanes of at least 4 members (excludes halogenated alkanes) is 3. The topological polar surface area (TPSA) is 58.6 Å². The molecule has 2 rings (SSSR count). The molecule has 6 heteroatoms. The first-order chi connectivity index (χ1) is 17.2. The van der Waals surface area contributed by atoms with Crippen molar-refractivity contribution in [2.24, 2.45) is 0 Å². The summed E-state index contributed by atoms with van der Waals surface area (Å²) in [5.41, 5.74) is 4.10. The Hall–Kier alpha value is -2.60. The number of nitrogens with one attached hydrogen (secondary N) is 1. The lowest BCUT2D eigenvalue weighted by Gasteiger charge is -2.24. The third kappa shape index (κ3) is 11.9. The van der Waals surface area contributed by atoms with E-state index >= 15 is 0 Å². The van der Waals surface area contributed by atoms with Crippen LogP contribution in [0.25, 0.3) is 0 Å². The number of urea groups is 1. The number of anilines is 1. The van der Waals surface area contributed by atoms with Crippen molar-refractivity contribution in [2.45, 2.75) is 91.0 Å². The number of carbonyl (C=O) groups is 2. The monoisotopic (exact) mass is 510 g/mol. The Morgan fingerprint density at radius 1 is 0.833 bits per heavy atom. The van der Waals surface area contributed by atoms with Crippen LogP contribution >= 0.6 is 0 Å². The van der Waals surface area contributed by atoms with E-state index in [1.165, 1.54) is 30.9 Å². The van der Waals surface area contributed by atoms with Gasteiger partial charge in [-0.05, 0) is 55.0 Å². The molecule has 36 heavy (non-hydrogen) atoms. The minimum absolute atomic E-state index is 0.0894. The number of aryl methyl sites for hydroxylation is 1. The highest BCUT2D eigenvalue weighted by atomic mass is 28.3. The second kappa shape index (κ2) is 15.5. The highest BCUT2D eigenvalue weighted by molar-refractivity contribution is 6.76. The van der Waals surface area contributed by atoms with E-state index in [0.29, 0.717) is 13.2 Å². The van der Waals surface area contributed by atoms with Crippen LogP contribution in [0, 0.1) is 0 Å². The van der Waals surface area contributed by atoms with Crippen LogP contribution in [0.4, 0.5) is 10.5 Å². The molecule has 5 nitrogen and oxygen atoms in total. The zero-order chi connectivity index (χ0) is 26.4. The number of amides is 2. The molecule has 0 radical (unpaired) electrons. The Bertz CT molecular complexity index is 921. The first-order valence-electron chi connectivity index (χ1n) is 13.6. The van der Waals surface area contributed by atoms with Crippen molar-refractivity contribution in [3.05, 3.63) is 65.2 Å². The smallest absolute Gasteiger partial charge is 0.322 e. The number of nitrogens with zero attached hydrogens (tertiary/aromatic N) is 1. The zero-order valence-corrected chi connectivity index (χ0v) is 24.1. The standard InChI is InChI=1S/C30H46N2O3Si/c1-6-8-12-25-13-15-27(16-14-25)24-32(21-10-9-11-22-36(3,4)5)30(34)31-28-19-17-26(18-20-28)23-29(33)35-7-2/h13-20H,6-12,21-24H2,1-5H3,(H,31,34). The summed E-state index contributed by atoms with van der Waals surface area (Å²) in [6, 6.07) is 17.4. The van der Waals surface area contributed by atoms with E-state index in [2.05, 4.69) is 56.1 Å². The van der Waals surface area contributed by atoms with Gasteiger partial charge in [-0.2, -0.15) is 0 Å². The molecule has 0 aliphatic rings. The first-order valence-corrected chi connectivity index (χ1v) is 17.3. The summed E-state index contributed by atoms with van der Waals surface area (Å²) in [4.78, 5) is 26.9. The van der Waals surface area contributed by atoms with Gasteiger partial charge in [-0.3, -0.25) is 4.79 Å². The van der Waals surface area contributed by atoms with Gasteiger partial charge in [-0.1, -0.05) is 88.3 Å². The van der Waals surface area contributed by atoms with E-state index in [9.17, 15) is 9.59 Å². The van der Waals surface area contributed by atoms with Gasteiger partial charge in [0.2, 0.25) is 0 Å². The number of carbonyl (C=O) groups excluding carboxylic acids is 2. The van der Waals surface area contributed by atoms with Crippen molar-refractivity contribution in [3.8, 4) is 0 Å². The number of ether oxygens (including phenoxy) is 1. The van der Waals surface area contributed by atoms with E-state index in [1.54, 1.807) is 6.92 Å². The van der Waals surface area contributed by atoms with Crippen LogP contribution < -0.4 is 5.32 Å². The van der Waals surface area contributed by atoms with Crippen molar-refractivity contribution in [2.75, 3.05) is 18.5 Å². The maximum Gasteiger partial charge on any atom is 0.322 e. The fourth-order valence-corrected chi connectivity index (χ4v) is 5.40. The quantitative estimate of drug-likeness (QED) is 0.152. The van der Waals surface area contributed by atoms with Crippen molar-refractivity contribution >= 4 is 25.8 Å². The molecular weight excluding hydrogens is 464 g/mol. The first kappa shape index (κ1) is 29.6. The van der Waals surface area contributed by atoms with Gasteiger partial charge in [0.05, 0.1) is 13.0 Å². The number of benzene rings is 2. The largest absolute Gasteiger partial charge is 0.466 e. The summed E-state index contributed by atoms with van der Waals surface area (Å²) in [5.74, 6) is -0.240. The number of rotatable bonds is 15. The Morgan fingerprint density at radius 2 is 1.47 bits per heavy atom. The second-order valence-corrected chi connectivity index (χ2v) is 16.4.